The molecule has 0 aromatic carbocycles. The molecule has 3 fully saturated rings. The number of hydrogen-bond acceptors (Lipinski definition) is 13. The SMILES string of the molecule is COC1CC2CC[C@@H](C)C(O)(O2)C(=O)C(=O)N2CCCCC2C(=O)OC(C(C)CC2CCC(O)C(OC)C2)CC(=O)C(C)/C=C(\C)C(O)C(OC)C(=O)[C@H](C)CC(C)/C=C/C=CC=C1C. The minimum Gasteiger partial charge on any atom is -0.460 e. The monoisotopic (exact) mass is 914 g/mol. The fourth-order valence-electron chi connectivity index (χ4n) is 10.1. The topological polar surface area (TPSA) is 195 Å². The van der Waals surface area contributed by atoms with Crippen molar-refractivity contribution in [3.8, 4) is 0 Å². The first-order valence-electron chi connectivity index (χ1n) is 23.9. The maximum Gasteiger partial charge on any atom is 0.329 e. The Kier molecular flexibility index (Phi) is 21.0. The van der Waals surface area contributed by atoms with Gasteiger partial charge in [0.05, 0.1) is 24.4 Å². The molecule has 0 radical (unpaired) electrons. The predicted molar refractivity (Wildman–Crippen MR) is 245 cm³/mol. The summed E-state index contributed by atoms with van der Waals surface area (Å²) in [5.41, 5.74) is 1.27. The van der Waals surface area contributed by atoms with Gasteiger partial charge in [-0.05, 0) is 107 Å². The zero-order valence-corrected chi connectivity index (χ0v) is 40.6. The number of allylic oxidation sites excluding steroid dienone is 6. The van der Waals surface area contributed by atoms with Crippen LogP contribution in [0.15, 0.2) is 47.6 Å². The van der Waals surface area contributed by atoms with E-state index in [0.717, 1.165) is 12.0 Å². The second-order valence-electron chi connectivity index (χ2n) is 19.6. The molecule has 3 aliphatic heterocycles. The molecule has 3 heterocycles. The molecule has 65 heavy (non-hydrogen) atoms. The highest BCUT2D eigenvalue weighted by Gasteiger charge is 2.53. The Morgan fingerprint density at radius 1 is 0.846 bits per heavy atom. The van der Waals surface area contributed by atoms with E-state index in [1.165, 1.54) is 12.0 Å². The molecule has 2 saturated heterocycles. The van der Waals surface area contributed by atoms with E-state index in [1.807, 2.05) is 58.1 Å². The third-order valence-corrected chi connectivity index (χ3v) is 14.5. The van der Waals surface area contributed by atoms with Crippen molar-refractivity contribution in [2.24, 2.45) is 35.5 Å². The first kappa shape index (κ1) is 54.2. The molecule has 14 heteroatoms. The van der Waals surface area contributed by atoms with Crippen molar-refractivity contribution in [3.63, 3.8) is 0 Å². The number of cyclic esters (lactones) is 1. The van der Waals surface area contributed by atoms with Crippen molar-refractivity contribution in [2.45, 2.75) is 180 Å². The number of aliphatic hydroxyl groups excluding tert-OH is 2. The molecular weight excluding hydrogens is 835 g/mol. The molecule has 0 aromatic rings. The van der Waals surface area contributed by atoms with Crippen LogP contribution in [0.4, 0.5) is 0 Å². The van der Waals surface area contributed by atoms with E-state index < -0.39 is 83.9 Å². The molecular formula is C51H79NO13. The molecule has 14 nitrogen and oxygen atoms in total. The number of fused-ring (bicyclic) bond motifs is 3. The van der Waals surface area contributed by atoms with Crippen molar-refractivity contribution >= 4 is 29.2 Å². The summed E-state index contributed by atoms with van der Waals surface area (Å²) in [6, 6.07) is -1.14. The average Bonchev–Trinajstić information content (AvgIpc) is 3.28. The van der Waals surface area contributed by atoms with Crippen LogP contribution in [0.5, 0.6) is 0 Å². The summed E-state index contributed by atoms with van der Waals surface area (Å²) in [6.45, 7) is 12.7. The predicted octanol–water partition coefficient (Wildman–Crippen LogP) is 6.18. The van der Waals surface area contributed by atoms with Crippen LogP contribution in [0.1, 0.15) is 126 Å². The van der Waals surface area contributed by atoms with Gasteiger partial charge in [-0.15, -0.1) is 0 Å². The highest BCUT2D eigenvalue weighted by atomic mass is 16.6. The average molecular weight is 914 g/mol. The summed E-state index contributed by atoms with van der Waals surface area (Å²) >= 11 is 0. The lowest BCUT2D eigenvalue weighted by Crippen LogP contribution is -2.61. The Bertz CT molecular complexity index is 1760. The number of aliphatic hydroxyl groups is 3. The second kappa shape index (κ2) is 25.1. The molecule has 4 rings (SSSR count). The van der Waals surface area contributed by atoms with E-state index in [4.69, 9.17) is 23.7 Å². The van der Waals surface area contributed by atoms with E-state index >= 15 is 0 Å². The van der Waals surface area contributed by atoms with E-state index in [-0.39, 0.29) is 54.8 Å². The third-order valence-electron chi connectivity index (χ3n) is 14.5. The number of carbonyl (C=O) groups excluding carboxylic acids is 5. The Labute approximate surface area is 387 Å². The van der Waals surface area contributed by atoms with E-state index in [9.17, 15) is 39.3 Å². The normalized spacial score (nSPS) is 39.1. The lowest BCUT2D eigenvalue weighted by Gasteiger charge is -2.42. The number of amides is 1. The van der Waals surface area contributed by atoms with Crippen molar-refractivity contribution in [2.75, 3.05) is 27.9 Å². The minimum atomic E-state index is -2.43. The lowest BCUT2D eigenvalue weighted by molar-refractivity contribution is -0.265. The van der Waals surface area contributed by atoms with E-state index in [0.29, 0.717) is 63.4 Å². The van der Waals surface area contributed by atoms with Crippen molar-refractivity contribution in [3.05, 3.63) is 47.6 Å². The number of piperidine rings is 1. The van der Waals surface area contributed by atoms with Crippen LogP contribution in [0.25, 0.3) is 0 Å². The van der Waals surface area contributed by atoms with Crippen LogP contribution in [0.2, 0.25) is 0 Å². The standard InChI is InChI=1S/C51H79NO13/c1-30-16-12-11-13-17-31(2)42(61-8)28-38-21-19-36(7)51(60,65-38)48(57)49(58)52-23-15-14-18-39(52)50(59)64-43(33(4)26-37-20-22-40(53)44(27-37)62-9)29-41(54)32(3)25-35(6)46(56)47(63-10)45(55)34(5)24-30/h11-13,16-17,25,30,32-34,36-40,42-44,46-47,53,56,60H,14-15,18-24,26-29H2,1-10H3/b13-11?,16-12+,31-17?,35-25+/t30?,32?,33?,34-,36-,37?,38?,39?,40?,42?,43?,44?,46?,47?,51?/m1/s1. The Morgan fingerprint density at radius 3 is 2.25 bits per heavy atom. The maximum absolute atomic E-state index is 14.4. The van der Waals surface area contributed by atoms with E-state index in [2.05, 4.69) is 0 Å². The first-order chi connectivity index (χ1) is 30.7. The zero-order chi connectivity index (χ0) is 48.2. The number of esters is 1. The molecule has 1 saturated carbocycles. The molecule has 13 unspecified atom stereocenters. The molecule has 1 aliphatic carbocycles. The fourth-order valence-corrected chi connectivity index (χ4v) is 10.1. The van der Waals surface area contributed by atoms with Crippen LogP contribution >= 0.6 is 0 Å². The lowest BCUT2D eigenvalue weighted by atomic mass is 9.78. The minimum absolute atomic E-state index is 0.0193. The number of ether oxygens (including phenoxy) is 5. The molecule has 0 aromatic heterocycles. The van der Waals surface area contributed by atoms with Gasteiger partial charge in [0.25, 0.3) is 11.7 Å². The van der Waals surface area contributed by atoms with Gasteiger partial charge in [0.2, 0.25) is 5.79 Å². The van der Waals surface area contributed by atoms with E-state index in [1.54, 1.807) is 41.1 Å². The quantitative estimate of drug-likeness (QED) is 0.156. The van der Waals surface area contributed by atoms with Gasteiger partial charge in [-0.25, -0.2) is 4.79 Å². The first-order valence-corrected chi connectivity index (χ1v) is 23.9. The van der Waals surface area contributed by atoms with Gasteiger partial charge >= 0.3 is 5.97 Å². The van der Waals surface area contributed by atoms with Gasteiger partial charge in [-0.3, -0.25) is 19.2 Å². The van der Waals surface area contributed by atoms with Gasteiger partial charge in [0.1, 0.15) is 30.1 Å². The van der Waals surface area contributed by atoms with Crippen molar-refractivity contribution in [1.29, 1.82) is 0 Å². The Morgan fingerprint density at radius 2 is 1.57 bits per heavy atom. The number of nitrogens with zero attached hydrogens (tertiary/aromatic N) is 1. The number of ketones is 3. The summed E-state index contributed by atoms with van der Waals surface area (Å²) < 4.78 is 29.4. The van der Waals surface area contributed by atoms with Gasteiger partial charge in [-0.1, -0.05) is 71.1 Å². The Hall–Kier alpha value is -3.37. The molecule has 3 N–H and O–H groups in total. The smallest absolute Gasteiger partial charge is 0.329 e. The molecule has 4 aliphatic rings. The van der Waals surface area contributed by atoms with Gasteiger partial charge in [-0.2, -0.15) is 0 Å². The second-order valence-corrected chi connectivity index (χ2v) is 19.6. The van der Waals surface area contributed by atoms with Crippen LogP contribution in [-0.4, -0.2) is 132 Å². The van der Waals surface area contributed by atoms with Crippen LogP contribution < -0.4 is 0 Å². The summed E-state index contributed by atoms with van der Waals surface area (Å²) in [6.07, 6.45) is 11.2. The number of carbonyl (C=O) groups is 5. The Balaban J connectivity index is 1.70. The summed E-state index contributed by atoms with van der Waals surface area (Å²) in [7, 11) is 4.52. The van der Waals surface area contributed by atoms with Gasteiger partial charge in [0, 0.05) is 58.5 Å². The third kappa shape index (κ3) is 14.3. The maximum atomic E-state index is 14.4. The molecule has 0 spiro atoms. The van der Waals surface area contributed by atoms with Crippen LogP contribution in [-0.2, 0) is 47.7 Å². The highest BCUT2D eigenvalue weighted by Crippen LogP contribution is 2.38. The number of methoxy groups -OCH3 is 3. The number of hydrogen-bond donors (Lipinski definition) is 3. The largest absolute Gasteiger partial charge is 0.460 e. The van der Waals surface area contributed by atoms with Gasteiger partial charge in [0.15, 0.2) is 5.78 Å². The van der Waals surface area contributed by atoms with Crippen molar-refractivity contribution in [1.82, 2.24) is 4.90 Å². The molecule has 2 bridgehead atoms. The molecule has 1 amide bonds. The molecule has 15 atom stereocenters. The summed E-state index contributed by atoms with van der Waals surface area (Å²) in [5.74, 6) is -7.96. The fraction of sp³-hybridized carbons (Fsp3) is 0.745. The highest BCUT2D eigenvalue weighted by molar-refractivity contribution is 6.39. The number of rotatable bonds is 6. The van der Waals surface area contributed by atoms with Crippen molar-refractivity contribution < 1.29 is 63.0 Å². The number of Topliss-reactive ketones (excluding diaryl/α,β-unsaturated/α-hetero) is 3. The zero-order valence-electron chi connectivity index (χ0n) is 40.6. The summed E-state index contributed by atoms with van der Waals surface area (Å²) in [5, 5.41) is 33.8. The van der Waals surface area contributed by atoms with Crippen LogP contribution in [0.3, 0.4) is 0 Å². The van der Waals surface area contributed by atoms with Gasteiger partial charge < -0.3 is 43.9 Å². The van der Waals surface area contributed by atoms with Crippen LogP contribution in [0, 0.1) is 35.5 Å². The molecule has 366 valence electrons. The summed E-state index contributed by atoms with van der Waals surface area (Å²) in [4.78, 5) is 71.8.